The van der Waals surface area contributed by atoms with Gasteiger partial charge in [-0.2, -0.15) is 0 Å². The van der Waals surface area contributed by atoms with E-state index >= 15 is 0 Å². The Labute approximate surface area is 128 Å². The zero-order valence-electron chi connectivity index (χ0n) is 11.0. The zero-order chi connectivity index (χ0) is 15.4. The Morgan fingerprint density at radius 2 is 2.14 bits per heavy atom. The lowest BCUT2D eigenvalue weighted by atomic mass is 10.2. The van der Waals surface area contributed by atoms with E-state index in [9.17, 15) is 14.9 Å². The first kappa shape index (κ1) is 15.5. The van der Waals surface area contributed by atoms with E-state index in [2.05, 4.69) is 15.0 Å². The first-order chi connectivity index (χ1) is 9.97. The highest BCUT2D eigenvalue weighted by Crippen LogP contribution is 2.27. The average Bonchev–Trinajstić information content (AvgIpc) is 2.37. The van der Waals surface area contributed by atoms with Gasteiger partial charge in [-0.3, -0.25) is 14.9 Å². The molecule has 0 aliphatic heterocycles. The molecule has 0 unspecified atom stereocenters. The summed E-state index contributed by atoms with van der Waals surface area (Å²) >= 11 is 6.77. The second kappa shape index (κ2) is 6.68. The molecule has 0 radical (unpaired) electrons. The van der Waals surface area contributed by atoms with Crippen LogP contribution >= 0.6 is 23.4 Å². The second-order valence-electron chi connectivity index (χ2n) is 4.14. The molecule has 21 heavy (non-hydrogen) atoms. The number of nitro groups is 1. The third kappa shape index (κ3) is 4.27. The fourth-order valence-corrected chi connectivity index (χ4v) is 2.72. The van der Waals surface area contributed by atoms with E-state index < -0.39 is 4.92 Å². The van der Waals surface area contributed by atoms with Crippen LogP contribution in [0.25, 0.3) is 0 Å². The van der Waals surface area contributed by atoms with Gasteiger partial charge in [-0.15, -0.1) is 0 Å². The second-order valence-corrected chi connectivity index (χ2v) is 5.53. The Kier molecular flexibility index (Phi) is 4.92. The molecule has 0 amide bonds. The Balaban J connectivity index is 2.33. The lowest BCUT2D eigenvalue weighted by Crippen LogP contribution is -2.09. The van der Waals surface area contributed by atoms with Crippen molar-refractivity contribution in [2.45, 2.75) is 29.9 Å². The van der Waals surface area contributed by atoms with Gasteiger partial charge in [-0.25, -0.2) is 9.97 Å². The number of nitrogens with one attached hydrogen (secondary N) is 1. The third-order valence-corrected chi connectivity index (χ3v) is 3.45. The number of aromatic nitrogens is 3. The molecule has 0 atom stereocenters. The highest BCUT2D eigenvalue weighted by molar-refractivity contribution is 7.99. The fraction of sp³-hybridized carbons (Fsp3) is 0.250. The summed E-state index contributed by atoms with van der Waals surface area (Å²) in [6.07, 6.45) is 1.54. The van der Waals surface area contributed by atoms with Crippen LogP contribution in [0.4, 0.5) is 5.69 Å². The summed E-state index contributed by atoms with van der Waals surface area (Å²) < 4.78 is 0. The van der Waals surface area contributed by atoms with Crippen molar-refractivity contribution in [1.82, 2.24) is 15.0 Å². The van der Waals surface area contributed by atoms with E-state index in [1.54, 1.807) is 0 Å². The van der Waals surface area contributed by atoms with Gasteiger partial charge >= 0.3 is 0 Å². The Morgan fingerprint density at radius 3 is 2.81 bits per heavy atom. The number of aromatic amines is 1. The highest BCUT2D eigenvalue weighted by atomic mass is 35.5. The van der Waals surface area contributed by atoms with Gasteiger partial charge in [0.25, 0.3) is 11.2 Å². The maximum Gasteiger partial charge on any atom is 0.275 e. The van der Waals surface area contributed by atoms with Crippen LogP contribution in [0.5, 0.6) is 0 Å². The van der Waals surface area contributed by atoms with E-state index in [-0.39, 0.29) is 16.4 Å². The smallest absolute Gasteiger partial charge is 0.275 e. The van der Waals surface area contributed by atoms with E-state index in [1.165, 1.54) is 12.1 Å². The first-order valence-corrected chi connectivity index (χ1v) is 7.27. The molecule has 2 aromatic rings. The van der Waals surface area contributed by atoms with Crippen LogP contribution in [-0.4, -0.2) is 19.9 Å². The minimum absolute atomic E-state index is 0.0127. The van der Waals surface area contributed by atoms with Crippen LogP contribution in [0.1, 0.15) is 19.0 Å². The van der Waals surface area contributed by atoms with Crippen LogP contribution < -0.4 is 5.56 Å². The van der Waals surface area contributed by atoms with E-state index in [0.717, 1.165) is 24.2 Å². The van der Waals surface area contributed by atoms with Crippen molar-refractivity contribution in [3.63, 3.8) is 0 Å². The number of hydrogen-bond acceptors (Lipinski definition) is 6. The molecule has 0 aliphatic rings. The van der Waals surface area contributed by atoms with Crippen molar-refractivity contribution in [2.24, 2.45) is 0 Å². The normalized spacial score (nSPS) is 10.6. The molecule has 2 aromatic heterocycles. The van der Waals surface area contributed by atoms with Gasteiger partial charge in [0.1, 0.15) is 10.2 Å². The molecule has 0 fully saturated rings. The molecule has 1 N–H and O–H groups in total. The Hall–Kier alpha value is -1.93. The molecule has 0 saturated heterocycles. The van der Waals surface area contributed by atoms with Crippen molar-refractivity contribution >= 4 is 29.1 Å². The van der Waals surface area contributed by atoms with E-state index in [4.69, 9.17) is 11.6 Å². The number of halogens is 1. The summed E-state index contributed by atoms with van der Waals surface area (Å²) in [6, 6.07) is 3.87. The molecule has 0 spiro atoms. The molecule has 0 saturated carbocycles. The predicted molar refractivity (Wildman–Crippen MR) is 78.9 cm³/mol. The first-order valence-electron chi connectivity index (χ1n) is 6.08. The van der Waals surface area contributed by atoms with Gasteiger partial charge in [0.15, 0.2) is 5.16 Å². The van der Waals surface area contributed by atoms with Gasteiger partial charge < -0.3 is 4.98 Å². The largest absolute Gasteiger partial charge is 0.301 e. The Bertz CT molecular complexity index is 735. The van der Waals surface area contributed by atoms with Gasteiger partial charge in [-0.1, -0.05) is 24.9 Å². The van der Waals surface area contributed by atoms with Gasteiger partial charge in [-0.05, 0) is 18.2 Å². The number of aryl methyl sites for hydroxylation is 1. The van der Waals surface area contributed by atoms with E-state index in [0.29, 0.717) is 22.3 Å². The van der Waals surface area contributed by atoms with Crippen LogP contribution in [0.2, 0.25) is 5.15 Å². The minimum Gasteiger partial charge on any atom is -0.301 e. The summed E-state index contributed by atoms with van der Waals surface area (Å²) in [4.78, 5) is 32.6. The monoisotopic (exact) mass is 326 g/mol. The molecular formula is C12H11ClN4O3S. The van der Waals surface area contributed by atoms with Gasteiger partial charge in [0.05, 0.1) is 11.0 Å². The van der Waals surface area contributed by atoms with Crippen molar-refractivity contribution < 1.29 is 4.92 Å². The lowest BCUT2D eigenvalue weighted by Gasteiger charge is -2.03. The zero-order valence-corrected chi connectivity index (χ0v) is 12.6. The summed E-state index contributed by atoms with van der Waals surface area (Å²) in [6.45, 7) is 1.98. The molecule has 0 aromatic carbocycles. The van der Waals surface area contributed by atoms with Crippen molar-refractivity contribution in [3.8, 4) is 0 Å². The standard InChI is InChI=1S/C12H11ClN4O3S/c1-2-3-7-4-10(18)16-12(14-7)21-11-6-8(17(19)20)5-9(13)15-11/h4-6H,2-3H2,1H3,(H,14,16,18). The molecule has 9 heteroatoms. The summed E-state index contributed by atoms with van der Waals surface area (Å²) in [5, 5.41) is 11.4. The maximum atomic E-state index is 11.6. The predicted octanol–water partition coefficient (Wildman–Crippen LogP) is 2.83. The Morgan fingerprint density at radius 1 is 1.38 bits per heavy atom. The molecule has 2 rings (SSSR count). The third-order valence-electron chi connectivity index (χ3n) is 2.45. The molecule has 7 nitrogen and oxygen atoms in total. The SMILES string of the molecule is CCCc1cc(=O)[nH]c(Sc2cc([N+](=O)[O-])cc(Cl)n2)n1. The van der Waals surface area contributed by atoms with Crippen LogP contribution in [-0.2, 0) is 6.42 Å². The minimum atomic E-state index is -0.554. The van der Waals surface area contributed by atoms with Crippen LogP contribution in [0.3, 0.4) is 0 Å². The van der Waals surface area contributed by atoms with Gasteiger partial charge in [0.2, 0.25) is 0 Å². The molecule has 0 bridgehead atoms. The average molecular weight is 327 g/mol. The summed E-state index contributed by atoms with van der Waals surface area (Å²) in [5.41, 5.74) is 0.234. The van der Waals surface area contributed by atoms with Gasteiger partial charge in [0, 0.05) is 17.8 Å². The summed E-state index contributed by atoms with van der Waals surface area (Å²) in [7, 11) is 0. The van der Waals surface area contributed by atoms with Crippen LogP contribution in [0.15, 0.2) is 33.2 Å². The number of pyridine rings is 1. The lowest BCUT2D eigenvalue weighted by molar-refractivity contribution is -0.385. The fourth-order valence-electron chi connectivity index (χ4n) is 1.63. The van der Waals surface area contributed by atoms with E-state index in [1.807, 2.05) is 6.92 Å². The number of rotatable bonds is 5. The molecule has 110 valence electrons. The molecule has 2 heterocycles. The molecule has 0 aliphatic carbocycles. The molecular weight excluding hydrogens is 316 g/mol. The quantitative estimate of drug-likeness (QED) is 0.392. The summed E-state index contributed by atoms with van der Waals surface area (Å²) in [5.74, 6) is 0. The highest BCUT2D eigenvalue weighted by Gasteiger charge is 2.12. The number of hydrogen-bond donors (Lipinski definition) is 1. The number of nitrogens with zero attached hydrogens (tertiary/aromatic N) is 3. The van der Waals surface area contributed by atoms with Crippen molar-refractivity contribution in [1.29, 1.82) is 0 Å². The maximum absolute atomic E-state index is 11.6. The topological polar surface area (TPSA) is 102 Å². The van der Waals surface area contributed by atoms with Crippen LogP contribution in [0, 0.1) is 10.1 Å². The van der Waals surface area contributed by atoms with Crippen molar-refractivity contribution in [2.75, 3.05) is 0 Å². The number of H-pyrrole nitrogens is 1. The van der Waals surface area contributed by atoms with Crippen molar-refractivity contribution in [3.05, 3.63) is 49.5 Å².